The molecular weight excluding hydrogens is 243 g/mol. The average Bonchev–Trinajstić information content (AvgIpc) is 2.30. The summed E-state index contributed by atoms with van der Waals surface area (Å²) in [5.41, 5.74) is 5.44. The summed E-state index contributed by atoms with van der Waals surface area (Å²) in [6.45, 7) is 3.91. The maximum Gasteiger partial charge on any atom is 0.416 e. The minimum Gasteiger partial charge on any atom is -0.367 e. The van der Waals surface area contributed by atoms with E-state index in [0.717, 1.165) is 25.7 Å². The molecule has 0 spiro atoms. The summed E-state index contributed by atoms with van der Waals surface area (Å²) in [6.07, 6.45) is 0.237. The number of hydrogen-bond donors (Lipinski definition) is 1. The molecule has 0 bridgehead atoms. The van der Waals surface area contributed by atoms with Gasteiger partial charge in [-0.05, 0) is 12.8 Å². The van der Waals surface area contributed by atoms with Gasteiger partial charge >= 0.3 is 6.18 Å². The van der Waals surface area contributed by atoms with Crippen molar-refractivity contribution in [3.8, 4) is 0 Å². The highest BCUT2D eigenvalue weighted by molar-refractivity contribution is 4.79. The van der Waals surface area contributed by atoms with Crippen molar-refractivity contribution in [2.75, 3.05) is 6.61 Å². The minimum absolute atomic E-state index is 0.143. The molecule has 0 saturated heterocycles. The van der Waals surface area contributed by atoms with Crippen molar-refractivity contribution in [2.24, 2.45) is 5.73 Å². The maximum absolute atomic E-state index is 12.6. The molecule has 0 aliphatic rings. The van der Waals surface area contributed by atoms with E-state index in [-0.39, 0.29) is 13.0 Å². The van der Waals surface area contributed by atoms with Gasteiger partial charge in [-0.2, -0.15) is 13.2 Å². The lowest BCUT2D eigenvalue weighted by atomic mass is 10.1. The van der Waals surface area contributed by atoms with Crippen LogP contribution in [0.2, 0.25) is 0 Å². The molecule has 0 rings (SSSR count). The Morgan fingerprint density at radius 2 is 1.56 bits per heavy atom. The predicted molar refractivity (Wildman–Crippen MR) is 67.4 cm³/mol. The number of rotatable bonds is 10. The lowest BCUT2D eigenvalue weighted by molar-refractivity contribution is -0.226. The van der Waals surface area contributed by atoms with Crippen LogP contribution in [0.15, 0.2) is 0 Å². The number of unbranched alkanes of at least 4 members (excludes halogenated alkanes) is 5. The Bertz CT molecular complexity index is 197. The smallest absolute Gasteiger partial charge is 0.367 e. The highest BCUT2D eigenvalue weighted by Crippen LogP contribution is 2.26. The molecule has 0 amide bonds. The van der Waals surface area contributed by atoms with E-state index < -0.39 is 18.3 Å². The van der Waals surface area contributed by atoms with Gasteiger partial charge in [0.15, 0.2) is 6.10 Å². The fraction of sp³-hybridized carbons (Fsp3) is 1.00. The first-order valence-electron chi connectivity index (χ1n) is 6.87. The first-order valence-corrected chi connectivity index (χ1v) is 6.87. The monoisotopic (exact) mass is 269 g/mol. The van der Waals surface area contributed by atoms with Gasteiger partial charge < -0.3 is 10.5 Å². The van der Waals surface area contributed by atoms with Crippen LogP contribution >= 0.6 is 0 Å². The summed E-state index contributed by atoms with van der Waals surface area (Å²) < 4.78 is 42.8. The third kappa shape index (κ3) is 7.93. The van der Waals surface area contributed by atoms with Crippen molar-refractivity contribution < 1.29 is 17.9 Å². The number of halogens is 3. The molecule has 2 unspecified atom stereocenters. The maximum atomic E-state index is 12.6. The number of ether oxygens (including phenoxy) is 1. The zero-order valence-electron chi connectivity index (χ0n) is 11.4. The first kappa shape index (κ1) is 17.7. The molecule has 110 valence electrons. The summed E-state index contributed by atoms with van der Waals surface area (Å²) in [5, 5.41) is 0. The Labute approximate surface area is 108 Å². The van der Waals surface area contributed by atoms with Crippen molar-refractivity contribution in [1.29, 1.82) is 0 Å². The van der Waals surface area contributed by atoms with Gasteiger partial charge in [0.25, 0.3) is 0 Å². The molecule has 0 radical (unpaired) electrons. The molecule has 0 aromatic rings. The molecule has 0 saturated carbocycles. The van der Waals surface area contributed by atoms with Gasteiger partial charge in [0.05, 0.1) is 0 Å². The fourth-order valence-electron chi connectivity index (χ4n) is 1.77. The van der Waals surface area contributed by atoms with Crippen LogP contribution in [0.5, 0.6) is 0 Å². The van der Waals surface area contributed by atoms with Gasteiger partial charge in [-0.1, -0.05) is 46.0 Å². The Kier molecular flexibility index (Phi) is 9.46. The number of nitrogens with two attached hydrogens (primary N) is 1. The second-order valence-corrected chi connectivity index (χ2v) is 4.67. The van der Waals surface area contributed by atoms with E-state index in [0.29, 0.717) is 6.42 Å². The van der Waals surface area contributed by atoms with E-state index in [1.807, 2.05) is 0 Å². The van der Waals surface area contributed by atoms with E-state index in [2.05, 4.69) is 6.92 Å². The summed E-state index contributed by atoms with van der Waals surface area (Å²) in [6, 6.07) is -0.968. The van der Waals surface area contributed by atoms with Crippen LogP contribution in [0.4, 0.5) is 13.2 Å². The lowest BCUT2D eigenvalue weighted by Crippen LogP contribution is -2.46. The molecule has 0 fully saturated rings. The Balaban J connectivity index is 3.78. The third-order valence-electron chi connectivity index (χ3n) is 2.98. The highest BCUT2D eigenvalue weighted by atomic mass is 19.4. The van der Waals surface area contributed by atoms with Crippen LogP contribution < -0.4 is 5.73 Å². The second-order valence-electron chi connectivity index (χ2n) is 4.67. The second kappa shape index (κ2) is 9.62. The van der Waals surface area contributed by atoms with Gasteiger partial charge in [-0.25, -0.2) is 0 Å². The van der Waals surface area contributed by atoms with E-state index >= 15 is 0 Å². The molecular formula is C13H26F3NO. The summed E-state index contributed by atoms with van der Waals surface area (Å²) >= 11 is 0. The molecule has 2 N–H and O–H groups in total. The topological polar surface area (TPSA) is 35.2 Å². The Hall–Kier alpha value is -0.290. The summed E-state index contributed by atoms with van der Waals surface area (Å²) in [7, 11) is 0. The van der Waals surface area contributed by atoms with Crippen molar-refractivity contribution in [3.05, 3.63) is 0 Å². The predicted octanol–water partition coefficient (Wildman–Crippen LogP) is 4.03. The van der Waals surface area contributed by atoms with Crippen LogP contribution in [0.25, 0.3) is 0 Å². The van der Waals surface area contributed by atoms with Crippen molar-refractivity contribution in [1.82, 2.24) is 0 Å². The molecule has 0 heterocycles. The van der Waals surface area contributed by atoms with Crippen LogP contribution in [-0.2, 0) is 4.74 Å². The fourth-order valence-corrected chi connectivity index (χ4v) is 1.77. The normalized spacial score (nSPS) is 15.7. The molecule has 5 heteroatoms. The molecule has 0 aliphatic heterocycles. The molecule has 2 atom stereocenters. The van der Waals surface area contributed by atoms with Crippen LogP contribution in [0.1, 0.15) is 58.8 Å². The third-order valence-corrected chi connectivity index (χ3v) is 2.98. The average molecular weight is 269 g/mol. The quantitative estimate of drug-likeness (QED) is 0.608. The van der Waals surface area contributed by atoms with Crippen molar-refractivity contribution in [3.63, 3.8) is 0 Å². The van der Waals surface area contributed by atoms with E-state index in [4.69, 9.17) is 10.5 Å². The number of alkyl halides is 3. The standard InChI is InChI=1S/C13H26F3NO/c1-3-5-6-7-8-9-10-18-12(11(17)4-2)13(14,15)16/h11-12H,3-10,17H2,1-2H3. The number of hydrogen-bond acceptors (Lipinski definition) is 2. The van der Waals surface area contributed by atoms with Gasteiger partial charge in [0.1, 0.15) is 0 Å². The van der Waals surface area contributed by atoms with Gasteiger partial charge in [0.2, 0.25) is 0 Å². The summed E-state index contributed by atoms with van der Waals surface area (Å²) in [5.74, 6) is 0. The lowest BCUT2D eigenvalue weighted by Gasteiger charge is -2.25. The van der Waals surface area contributed by atoms with Crippen LogP contribution in [0.3, 0.4) is 0 Å². The zero-order chi connectivity index (χ0) is 14.0. The van der Waals surface area contributed by atoms with E-state index in [9.17, 15) is 13.2 Å². The van der Waals surface area contributed by atoms with Gasteiger partial charge in [-0.15, -0.1) is 0 Å². The zero-order valence-corrected chi connectivity index (χ0v) is 11.4. The van der Waals surface area contributed by atoms with E-state index in [1.165, 1.54) is 6.42 Å². The Morgan fingerprint density at radius 3 is 2.06 bits per heavy atom. The van der Waals surface area contributed by atoms with Crippen molar-refractivity contribution >= 4 is 0 Å². The summed E-state index contributed by atoms with van der Waals surface area (Å²) in [4.78, 5) is 0. The molecule has 0 aromatic carbocycles. The highest BCUT2D eigenvalue weighted by Gasteiger charge is 2.43. The largest absolute Gasteiger partial charge is 0.416 e. The molecule has 0 aromatic heterocycles. The molecule has 2 nitrogen and oxygen atoms in total. The SMILES string of the molecule is CCCCCCCCOC(C(N)CC)C(F)(F)F. The van der Waals surface area contributed by atoms with E-state index in [1.54, 1.807) is 6.92 Å². The Morgan fingerprint density at radius 1 is 1.00 bits per heavy atom. The van der Waals surface area contributed by atoms with Gasteiger partial charge in [-0.3, -0.25) is 0 Å². The van der Waals surface area contributed by atoms with Gasteiger partial charge in [0, 0.05) is 12.6 Å². The van der Waals surface area contributed by atoms with Crippen LogP contribution in [-0.4, -0.2) is 24.9 Å². The van der Waals surface area contributed by atoms with Crippen molar-refractivity contribution in [2.45, 2.75) is 77.1 Å². The van der Waals surface area contributed by atoms with Crippen LogP contribution in [0, 0.1) is 0 Å². The first-order chi connectivity index (χ1) is 8.43. The minimum atomic E-state index is -4.36. The molecule has 18 heavy (non-hydrogen) atoms. The molecule has 0 aliphatic carbocycles.